The minimum absolute atomic E-state index is 0.0722. The van der Waals surface area contributed by atoms with Gasteiger partial charge in [0.05, 0.1) is 22.5 Å². The average Bonchev–Trinajstić information content (AvgIpc) is 2.45. The normalized spacial score (nSPS) is 10.5. The van der Waals surface area contributed by atoms with Crippen molar-refractivity contribution in [2.75, 3.05) is 12.3 Å². The Labute approximate surface area is 157 Å². The van der Waals surface area contributed by atoms with E-state index in [1.807, 2.05) is 19.1 Å². The molecule has 2 N–H and O–H groups in total. The van der Waals surface area contributed by atoms with Crippen LogP contribution in [0.4, 0.5) is 5.95 Å². The van der Waals surface area contributed by atoms with Crippen LogP contribution in [0.1, 0.15) is 34.2 Å². The Balaban J connectivity index is 2.35. The molecule has 0 aliphatic carbocycles. The van der Waals surface area contributed by atoms with E-state index >= 15 is 0 Å². The zero-order chi connectivity index (χ0) is 17.9. The smallest absolute Gasteiger partial charge is 0.341 e. The molecule has 6 nitrogen and oxygen atoms in total. The van der Waals surface area contributed by atoms with E-state index < -0.39 is 5.97 Å². The molecule has 0 aliphatic heterocycles. The van der Waals surface area contributed by atoms with E-state index in [-0.39, 0.29) is 24.7 Å². The summed E-state index contributed by atoms with van der Waals surface area (Å²) >= 11 is 6.89. The topological polar surface area (TPSA) is 87.3 Å². The van der Waals surface area contributed by atoms with Crippen molar-refractivity contribution >= 4 is 43.8 Å². The number of carbonyl (C=O) groups excluding carboxylic acids is 1. The van der Waals surface area contributed by atoms with Crippen LogP contribution in [0.15, 0.2) is 21.1 Å². The van der Waals surface area contributed by atoms with Crippen LogP contribution in [0.2, 0.25) is 0 Å². The molecule has 0 bridgehead atoms. The number of carbonyl (C=O) groups is 1. The molecule has 8 heteroatoms. The van der Waals surface area contributed by atoms with Crippen LogP contribution in [0.25, 0.3) is 0 Å². The zero-order valence-electron chi connectivity index (χ0n) is 13.5. The first-order valence-electron chi connectivity index (χ1n) is 7.22. The lowest BCUT2D eigenvalue weighted by Gasteiger charge is -2.14. The van der Waals surface area contributed by atoms with Gasteiger partial charge in [-0.1, -0.05) is 15.9 Å². The molecule has 128 valence electrons. The first-order valence-corrected chi connectivity index (χ1v) is 8.80. The van der Waals surface area contributed by atoms with Gasteiger partial charge >= 0.3 is 5.97 Å². The second kappa shape index (κ2) is 7.94. The van der Waals surface area contributed by atoms with E-state index in [1.165, 1.54) is 0 Å². The van der Waals surface area contributed by atoms with Crippen molar-refractivity contribution in [2.45, 2.75) is 27.4 Å². The fraction of sp³-hybridized carbons (Fsp3) is 0.312. The minimum atomic E-state index is -0.486. The van der Waals surface area contributed by atoms with Gasteiger partial charge in [-0.25, -0.2) is 14.8 Å². The van der Waals surface area contributed by atoms with E-state index in [9.17, 15) is 4.79 Å². The Morgan fingerprint density at radius 2 is 1.96 bits per heavy atom. The zero-order valence-corrected chi connectivity index (χ0v) is 16.7. The van der Waals surface area contributed by atoms with Crippen molar-refractivity contribution < 1.29 is 14.3 Å². The maximum atomic E-state index is 12.2. The number of nitrogens with two attached hydrogens (primary N) is 1. The number of nitrogen functional groups attached to an aromatic ring is 1. The molecule has 0 amide bonds. The maximum Gasteiger partial charge on any atom is 0.341 e. The first kappa shape index (κ1) is 18.7. The number of ether oxygens (including phenoxy) is 2. The van der Waals surface area contributed by atoms with Gasteiger partial charge in [0, 0.05) is 4.47 Å². The van der Waals surface area contributed by atoms with Crippen LogP contribution in [0, 0.1) is 13.8 Å². The van der Waals surface area contributed by atoms with Crippen LogP contribution >= 0.6 is 31.9 Å². The SMILES string of the molecule is CCOC(=O)c1c(C)nc(N)nc1COc1c(C)cc(Br)cc1Br. The van der Waals surface area contributed by atoms with Crippen LogP contribution in [-0.2, 0) is 11.3 Å². The molecule has 0 radical (unpaired) electrons. The number of aryl methyl sites for hydroxylation is 2. The fourth-order valence-electron chi connectivity index (χ4n) is 2.24. The van der Waals surface area contributed by atoms with E-state index in [1.54, 1.807) is 13.8 Å². The predicted molar refractivity (Wildman–Crippen MR) is 98.0 cm³/mol. The van der Waals surface area contributed by atoms with Gasteiger partial charge in [0.1, 0.15) is 17.9 Å². The molecule has 1 heterocycles. The van der Waals surface area contributed by atoms with E-state index in [2.05, 4.69) is 41.8 Å². The molecule has 1 aromatic carbocycles. The highest BCUT2D eigenvalue weighted by molar-refractivity contribution is 9.11. The molecule has 0 fully saturated rings. The van der Waals surface area contributed by atoms with E-state index in [0.717, 1.165) is 14.5 Å². The molecule has 1 aromatic heterocycles. The highest BCUT2D eigenvalue weighted by Crippen LogP contribution is 2.33. The van der Waals surface area contributed by atoms with Gasteiger partial charge in [-0.05, 0) is 54.4 Å². The number of benzene rings is 1. The van der Waals surface area contributed by atoms with Crippen molar-refractivity contribution in [3.05, 3.63) is 43.6 Å². The van der Waals surface area contributed by atoms with Gasteiger partial charge in [-0.2, -0.15) is 0 Å². The molecule has 0 saturated carbocycles. The molecule has 2 rings (SSSR count). The van der Waals surface area contributed by atoms with E-state index in [0.29, 0.717) is 17.1 Å². The van der Waals surface area contributed by atoms with Gasteiger partial charge in [0.25, 0.3) is 0 Å². The third-order valence-electron chi connectivity index (χ3n) is 3.21. The van der Waals surface area contributed by atoms with E-state index in [4.69, 9.17) is 15.2 Å². The van der Waals surface area contributed by atoms with Crippen LogP contribution < -0.4 is 10.5 Å². The summed E-state index contributed by atoms with van der Waals surface area (Å²) in [5.74, 6) is 0.272. The number of esters is 1. The van der Waals surface area contributed by atoms with Gasteiger partial charge < -0.3 is 15.2 Å². The summed E-state index contributed by atoms with van der Waals surface area (Å²) in [7, 11) is 0. The van der Waals surface area contributed by atoms with Crippen molar-refractivity contribution in [3.8, 4) is 5.75 Å². The highest BCUT2D eigenvalue weighted by atomic mass is 79.9. The van der Waals surface area contributed by atoms with Crippen molar-refractivity contribution in [3.63, 3.8) is 0 Å². The molecule has 0 atom stereocenters. The predicted octanol–water partition coefficient (Wildman–Crippen LogP) is 3.96. The quantitative estimate of drug-likeness (QED) is 0.682. The van der Waals surface area contributed by atoms with Crippen LogP contribution in [0.5, 0.6) is 5.75 Å². The first-order chi connectivity index (χ1) is 11.3. The Hall–Kier alpha value is -1.67. The lowest BCUT2D eigenvalue weighted by Crippen LogP contribution is -2.16. The Morgan fingerprint density at radius 1 is 1.25 bits per heavy atom. The van der Waals surface area contributed by atoms with Crippen molar-refractivity contribution in [2.24, 2.45) is 0 Å². The average molecular weight is 459 g/mol. The van der Waals surface area contributed by atoms with Crippen molar-refractivity contribution in [1.29, 1.82) is 0 Å². The molecule has 0 aliphatic rings. The number of hydrogen-bond donors (Lipinski definition) is 1. The number of aromatic nitrogens is 2. The molecule has 24 heavy (non-hydrogen) atoms. The summed E-state index contributed by atoms with van der Waals surface area (Å²) in [5, 5.41) is 0. The summed E-state index contributed by atoms with van der Waals surface area (Å²) in [5.41, 5.74) is 7.79. The number of nitrogens with zero attached hydrogens (tertiary/aromatic N) is 2. The second-order valence-electron chi connectivity index (χ2n) is 5.03. The third kappa shape index (κ3) is 4.24. The summed E-state index contributed by atoms with van der Waals surface area (Å²) in [6.45, 7) is 5.69. The lowest BCUT2D eigenvalue weighted by atomic mass is 10.1. The molecule has 0 saturated heterocycles. The fourth-order valence-corrected chi connectivity index (χ4v) is 3.79. The Kier molecular flexibility index (Phi) is 6.17. The molecular formula is C16H17Br2N3O3. The number of rotatable bonds is 5. The number of anilines is 1. The van der Waals surface area contributed by atoms with Gasteiger partial charge in [0.2, 0.25) is 5.95 Å². The monoisotopic (exact) mass is 457 g/mol. The molecule has 0 spiro atoms. The number of hydrogen-bond acceptors (Lipinski definition) is 6. The third-order valence-corrected chi connectivity index (χ3v) is 4.26. The van der Waals surface area contributed by atoms with Crippen LogP contribution in [-0.4, -0.2) is 22.5 Å². The van der Waals surface area contributed by atoms with Crippen LogP contribution in [0.3, 0.4) is 0 Å². The van der Waals surface area contributed by atoms with Gasteiger partial charge in [-0.15, -0.1) is 0 Å². The summed E-state index contributed by atoms with van der Waals surface area (Å²) in [6.07, 6.45) is 0. The lowest BCUT2D eigenvalue weighted by molar-refractivity contribution is 0.0521. The minimum Gasteiger partial charge on any atom is -0.486 e. The summed E-state index contributed by atoms with van der Waals surface area (Å²) < 4.78 is 12.7. The molecule has 0 unspecified atom stereocenters. The second-order valence-corrected chi connectivity index (χ2v) is 6.80. The number of halogens is 2. The highest BCUT2D eigenvalue weighted by Gasteiger charge is 2.20. The molecular weight excluding hydrogens is 442 g/mol. The Morgan fingerprint density at radius 3 is 2.58 bits per heavy atom. The summed E-state index contributed by atoms with van der Waals surface area (Å²) in [6, 6.07) is 3.82. The maximum absolute atomic E-state index is 12.2. The standard InChI is InChI=1S/C16H17Br2N3O3/c1-4-23-15(22)13-9(3)20-16(19)21-12(13)7-24-14-8(2)5-10(17)6-11(14)18/h5-6H,4,7H2,1-3H3,(H2,19,20,21). The van der Waals surface area contributed by atoms with Gasteiger partial charge in [-0.3, -0.25) is 0 Å². The largest absolute Gasteiger partial charge is 0.486 e. The molecule has 2 aromatic rings. The summed E-state index contributed by atoms with van der Waals surface area (Å²) in [4.78, 5) is 20.4. The van der Waals surface area contributed by atoms with Gasteiger partial charge in [0.15, 0.2) is 0 Å². The van der Waals surface area contributed by atoms with Crippen molar-refractivity contribution in [1.82, 2.24) is 9.97 Å². The Bertz CT molecular complexity index is 758.